The van der Waals surface area contributed by atoms with Crippen LogP contribution in [0.25, 0.3) is 0 Å². The minimum atomic E-state index is -2.41. The molecule has 4 heteroatoms. The normalized spacial score (nSPS) is 25.2. The van der Waals surface area contributed by atoms with E-state index in [-0.39, 0.29) is 11.7 Å². The molecule has 2 rings (SSSR count). The van der Waals surface area contributed by atoms with Crippen molar-refractivity contribution in [3.05, 3.63) is 35.4 Å². The zero-order valence-corrected chi connectivity index (χ0v) is 8.90. The Bertz CT molecular complexity index is 339. The molecule has 16 heavy (non-hydrogen) atoms. The van der Waals surface area contributed by atoms with Gasteiger partial charge in [0.05, 0.1) is 6.10 Å². The molecular formula is C12H15F2NO. The molecule has 0 amide bonds. The van der Waals surface area contributed by atoms with E-state index in [2.05, 4.69) is 0 Å². The van der Waals surface area contributed by atoms with Gasteiger partial charge >= 0.3 is 0 Å². The van der Waals surface area contributed by atoms with E-state index in [0.29, 0.717) is 19.1 Å². The molecule has 2 unspecified atom stereocenters. The zero-order chi connectivity index (χ0) is 11.5. The van der Waals surface area contributed by atoms with E-state index in [9.17, 15) is 8.78 Å². The van der Waals surface area contributed by atoms with Crippen LogP contribution < -0.4 is 5.73 Å². The Hall–Kier alpha value is -1.00. The lowest BCUT2D eigenvalue weighted by Gasteiger charge is -2.17. The SMILES string of the molecule is NCC1CCOC1c1ccc(C(F)F)cc1. The van der Waals surface area contributed by atoms with Gasteiger partial charge in [0, 0.05) is 18.1 Å². The number of hydrogen-bond acceptors (Lipinski definition) is 2. The molecule has 0 radical (unpaired) electrons. The van der Waals surface area contributed by atoms with Gasteiger partial charge in [-0.15, -0.1) is 0 Å². The molecule has 1 aliphatic rings. The molecule has 0 aliphatic carbocycles. The molecule has 1 fully saturated rings. The molecule has 2 nitrogen and oxygen atoms in total. The van der Waals surface area contributed by atoms with Gasteiger partial charge in [0.1, 0.15) is 0 Å². The lowest BCUT2D eigenvalue weighted by atomic mass is 9.95. The highest BCUT2D eigenvalue weighted by atomic mass is 19.3. The van der Waals surface area contributed by atoms with Crippen molar-refractivity contribution < 1.29 is 13.5 Å². The van der Waals surface area contributed by atoms with E-state index in [4.69, 9.17) is 10.5 Å². The maximum atomic E-state index is 12.4. The van der Waals surface area contributed by atoms with Crippen molar-refractivity contribution in [2.45, 2.75) is 19.0 Å². The number of halogens is 2. The van der Waals surface area contributed by atoms with Crippen LogP contribution in [0.5, 0.6) is 0 Å². The average molecular weight is 227 g/mol. The fraction of sp³-hybridized carbons (Fsp3) is 0.500. The molecule has 1 saturated heterocycles. The quantitative estimate of drug-likeness (QED) is 0.861. The zero-order valence-electron chi connectivity index (χ0n) is 8.90. The van der Waals surface area contributed by atoms with Crippen molar-refractivity contribution in [2.24, 2.45) is 11.7 Å². The topological polar surface area (TPSA) is 35.2 Å². The summed E-state index contributed by atoms with van der Waals surface area (Å²) in [7, 11) is 0. The predicted octanol–water partition coefficient (Wildman–Crippen LogP) is 2.66. The number of benzene rings is 1. The highest BCUT2D eigenvalue weighted by Crippen LogP contribution is 2.34. The molecule has 0 aromatic heterocycles. The number of nitrogens with two attached hydrogens (primary N) is 1. The number of hydrogen-bond donors (Lipinski definition) is 1. The van der Waals surface area contributed by atoms with Crippen LogP contribution in [0.2, 0.25) is 0 Å². The first kappa shape index (κ1) is 11.5. The molecule has 2 N–H and O–H groups in total. The average Bonchev–Trinajstić information content (AvgIpc) is 2.77. The summed E-state index contributed by atoms with van der Waals surface area (Å²) in [5.74, 6) is 0.303. The van der Waals surface area contributed by atoms with Crippen molar-refractivity contribution in [3.63, 3.8) is 0 Å². The Morgan fingerprint density at radius 2 is 2.00 bits per heavy atom. The largest absolute Gasteiger partial charge is 0.373 e. The van der Waals surface area contributed by atoms with Crippen LogP contribution in [0.15, 0.2) is 24.3 Å². The number of rotatable bonds is 3. The van der Waals surface area contributed by atoms with Gasteiger partial charge in [-0.3, -0.25) is 0 Å². The van der Waals surface area contributed by atoms with E-state index in [1.54, 1.807) is 12.1 Å². The van der Waals surface area contributed by atoms with Gasteiger partial charge in [0.15, 0.2) is 0 Å². The Morgan fingerprint density at radius 3 is 2.56 bits per heavy atom. The predicted molar refractivity (Wildman–Crippen MR) is 57.3 cm³/mol. The number of ether oxygens (including phenoxy) is 1. The van der Waals surface area contributed by atoms with Crippen LogP contribution in [0.1, 0.15) is 30.1 Å². The second-order valence-electron chi connectivity index (χ2n) is 4.04. The van der Waals surface area contributed by atoms with E-state index in [0.717, 1.165) is 12.0 Å². The fourth-order valence-corrected chi connectivity index (χ4v) is 2.07. The third-order valence-corrected chi connectivity index (χ3v) is 3.03. The summed E-state index contributed by atoms with van der Waals surface area (Å²) >= 11 is 0. The Labute approximate surface area is 93.4 Å². The molecule has 1 aromatic carbocycles. The standard InChI is InChI=1S/C12H15F2NO/c13-12(14)9-3-1-8(2-4-9)11-10(7-15)5-6-16-11/h1-4,10-12H,5-7,15H2. The molecular weight excluding hydrogens is 212 g/mol. The Balaban J connectivity index is 2.15. The van der Waals surface area contributed by atoms with Crippen LogP contribution in [0, 0.1) is 5.92 Å². The second-order valence-corrected chi connectivity index (χ2v) is 4.04. The van der Waals surface area contributed by atoms with Crippen molar-refractivity contribution >= 4 is 0 Å². The summed E-state index contributed by atoms with van der Waals surface area (Å²) < 4.78 is 30.3. The van der Waals surface area contributed by atoms with E-state index < -0.39 is 6.43 Å². The first-order valence-electron chi connectivity index (χ1n) is 5.42. The summed E-state index contributed by atoms with van der Waals surface area (Å²) in [6, 6.07) is 6.32. The smallest absolute Gasteiger partial charge is 0.263 e. The van der Waals surface area contributed by atoms with Gasteiger partial charge in [0.25, 0.3) is 6.43 Å². The highest BCUT2D eigenvalue weighted by Gasteiger charge is 2.28. The highest BCUT2D eigenvalue weighted by molar-refractivity contribution is 5.26. The number of alkyl halides is 2. The third-order valence-electron chi connectivity index (χ3n) is 3.03. The molecule has 1 aliphatic heterocycles. The maximum Gasteiger partial charge on any atom is 0.263 e. The third kappa shape index (κ3) is 2.23. The van der Waals surface area contributed by atoms with Crippen LogP contribution in [0.4, 0.5) is 8.78 Å². The van der Waals surface area contributed by atoms with Gasteiger partial charge in [-0.25, -0.2) is 8.78 Å². The van der Waals surface area contributed by atoms with Crippen LogP contribution in [-0.2, 0) is 4.74 Å². The lowest BCUT2D eigenvalue weighted by Crippen LogP contribution is -2.17. The molecule has 0 bridgehead atoms. The molecule has 88 valence electrons. The minimum Gasteiger partial charge on any atom is -0.373 e. The summed E-state index contributed by atoms with van der Waals surface area (Å²) in [4.78, 5) is 0. The van der Waals surface area contributed by atoms with Crippen LogP contribution in [-0.4, -0.2) is 13.2 Å². The van der Waals surface area contributed by atoms with Crippen molar-refractivity contribution in [2.75, 3.05) is 13.2 Å². The monoisotopic (exact) mass is 227 g/mol. The molecule has 0 spiro atoms. The van der Waals surface area contributed by atoms with Gasteiger partial charge < -0.3 is 10.5 Å². The van der Waals surface area contributed by atoms with E-state index >= 15 is 0 Å². The fourth-order valence-electron chi connectivity index (χ4n) is 2.07. The first-order chi connectivity index (χ1) is 7.72. The Kier molecular flexibility index (Phi) is 3.51. The second kappa shape index (κ2) is 4.89. The maximum absolute atomic E-state index is 12.4. The summed E-state index contributed by atoms with van der Waals surface area (Å²) in [5.41, 5.74) is 6.63. The van der Waals surface area contributed by atoms with Crippen LogP contribution >= 0.6 is 0 Å². The summed E-state index contributed by atoms with van der Waals surface area (Å²) in [6.07, 6.45) is -1.50. The lowest BCUT2D eigenvalue weighted by molar-refractivity contribution is 0.0923. The first-order valence-corrected chi connectivity index (χ1v) is 5.42. The van der Waals surface area contributed by atoms with Crippen molar-refractivity contribution in [1.82, 2.24) is 0 Å². The molecule has 2 atom stereocenters. The van der Waals surface area contributed by atoms with E-state index in [1.807, 2.05) is 0 Å². The molecule has 1 heterocycles. The Morgan fingerprint density at radius 1 is 1.31 bits per heavy atom. The molecule has 0 saturated carbocycles. The van der Waals surface area contributed by atoms with Crippen LogP contribution in [0.3, 0.4) is 0 Å². The van der Waals surface area contributed by atoms with Gasteiger partial charge in [-0.1, -0.05) is 24.3 Å². The minimum absolute atomic E-state index is 0.0308. The van der Waals surface area contributed by atoms with Gasteiger partial charge in [0.2, 0.25) is 0 Å². The van der Waals surface area contributed by atoms with Gasteiger partial charge in [-0.2, -0.15) is 0 Å². The van der Waals surface area contributed by atoms with E-state index in [1.165, 1.54) is 12.1 Å². The van der Waals surface area contributed by atoms with Crippen molar-refractivity contribution in [3.8, 4) is 0 Å². The molecule has 1 aromatic rings. The summed E-state index contributed by atoms with van der Waals surface area (Å²) in [6.45, 7) is 1.27. The van der Waals surface area contributed by atoms with Gasteiger partial charge in [-0.05, 0) is 18.5 Å². The van der Waals surface area contributed by atoms with Crippen molar-refractivity contribution in [1.29, 1.82) is 0 Å². The summed E-state index contributed by atoms with van der Waals surface area (Å²) in [5, 5.41) is 0.